The van der Waals surface area contributed by atoms with Crippen molar-refractivity contribution in [2.45, 2.75) is 30.7 Å². The molecule has 0 heterocycles. The molecular weight excluding hydrogens is 224 g/mol. The minimum Gasteiger partial charge on any atom is -0.208 e. The van der Waals surface area contributed by atoms with Crippen molar-refractivity contribution >= 4 is 10.0 Å². The van der Waals surface area contributed by atoms with Gasteiger partial charge in [0.15, 0.2) is 0 Å². The Bertz CT molecular complexity index is 554. The van der Waals surface area contributed by atoms with Crippen LogP contribution in [0.5, 0.6) is 0 Å². The molecule has 5 heteroatoms. The number of aryl methyl sites for hydroxylation is 1. The number of benzene rings is 1. The molecule has 0 aromatic heterocycles. The molecule has 1 aliphatic rings. The van der Waals surface area contributed by atoms with E-state index in [2.05, 4.69) is 4.72 Å². The zero-order valence-electron chi connectivity index (χ0n) is 8.90. The van der Waals surface area contributed by atoms with Crippen LogP contribution in [0.25, 0.3) is 0 Å². The normalized spacial score (nSPS) is 15.8. The average Bonchev–Trinajstić information content (AvgIpc) is 3.01. The van der Waals surface area contributed by atoms with Crippen molar-refractivity contribution in [3.63, 3.8) is 0 Å². The number of hydrogen-bond donors (Lipinski definition) is 1. The molecule has 1 aliphatic carbocycles. The van der Waals surface area contributed by atoms with Crippen LogP contribution in [-0.2, 0) is 10.0 Å². The molecule has 2 rings (SSSR count). The summed E-state index contributed by atoms with van der Waals surface area (Å²) in [6.07, 6.45) is 1.80. The number of sulfonamides is 1. The monoisotopic (exact) mass is 236 g/mol. The summed E-state index contributed by atoms with van der Waals surface area (Å²) >= 11 is 0. The first kappa shape index (κ1) is 11.1. The molecule has 0 atom stereocenters. The lowest BCUT2D eigenvalue weighted by molar-refractivity contribution is 0.580. The molecule has 0 bridgehead atoms. The number of nitrogens with zero attached hydrogens (tertiary/aromatic N) is 1. The van der Waals surface area contributed by atoms with Crippen molar-refractivity contribution in [2.75, 3.05) is 0 Å². The summed E-state index contributed by atoms with van der Waals surface area (Å²) in [6.45, 7) is 1.72. The molecule has 0 amide bonds. The number of rotatable bonds is 3. The summed E-state index contributed by atoms with van der Waals surface area (Å²) in [5.74, 6) is 0. The summed E-state index contributed by atoms with van der Waals surface area (Å²) in [4.78, 5) is 0.207. The Balaban J connectivity index is 2.41. The van der Waals surface area contributed by atoms with Gasteiger partial charge in [-0.15, -0.1) is 0 Å². The van der Waals surface area contributed by atoms with Gasteiger partial charge in [-0.25, -0.2) is 13.1 Å². The lowest BCUT2D eigenvalue weighted by Gasteiger charge is -2.08. The highest BCUT2D eigenvalue weighted by Crippen LogP contribution is 2.24. The third-order valence-electron chi connectivity index (χ3n) is 2.51. The van der Waals surface area contributed by atoms with E-state index in [0.717, 1.165) is 12.8 Å². The SMILES string of the molecule is Cc1ccc(C#N)cc1S(=O)(=O)NC1CC1. The summed E-state index contributed by atoms with van der Waals surface area (Å²) in [7, 11) is -3.46. The zero-order chi connectivity index (χ0) is 11.8. The van der Waals surface area contributed by atoms with Crippen LogP contribution in [0.4, 0.5) is 0 Å². The van der Waals surface area contributed by atoms with Crippen molar-refractivity contribution in [3.8, 4) is 6.07 Å². The second-order valence-corrected chi connectivity index (χ2v) is 5.67. The molecule has 1 N–H and O–H groups in total. The Morgan fingerprint density at radius 2 is 2.12 bits per heavy atom. The summed E-state index contributed by atoms with van der Waals surface area (Å²) in [5, 5.41) is 8.75. The van der Waals surface area contributed by atoms with Crippen LogP contribution in [0, 0.1) is 18.3 Å². The minimum atomic E-state index is -3.46. The Kier molecular flexibility index (Phi) is 2.70. The van der Waals surface area contributed by atoms with Gasteiger partial charge < -0.3 is 0 Å². The molecule has 0 spiro atoms. The van der Waals surface area contributed by atoms with E-state index in [-0.39, 0.29) is 10.9 Å². The summed E-state index contributed by atoms with van der Waals surface area (Å²) in [6, 6.07) is 6.71. The molecule has 0 aliphatic heterocycles. The first-order valence-corrected chi connectivity index (χ1v) is 6.54. The number of hydrogen-bond acceptors (Lipinski definition) is 3. The standard InChI is InChI=1S/C11H12N2O2S/c1-8-2-3-9(7-12)6-11(8)16(14,15)13-10-4-5-10/h2-3,6,10,13H,4-5H2,1H3. The van der Waals surface area contributed by atoms with E-state index in [1.165, 1.54) is 6.07 Å². The maximum Gasteiger partial charge on any atom is 0.241 e. The Morgan fingerprint density at radius 1 is 1.44 bits per heavy atom. The fourth-order valence-electron chi connectivity index (χ4n) is 1.44. The summed E-state index contributed by atoms with van der Waals surface area (Å²) < 4.78 is 26.5. The van der Waals surface area contributed by atoms with E-state index in [0.29, 0.717) is 11.1 Å². The van der Waals surface area contributed by atoms with E-state index in [4.69, 9.17) is 5.26 Å². The van der Waals surface area contributed by atoms with Crippen LogP contribution in [0.1, 0.15) is 24.0 Å². The van der Waals surface area contributed by atoms with Gasteiger partial charge in [0.05, 0.1) is 16.5 Å². The van der Waals surface area contributed by atoms with Crippen LogP contribution < -0.4 is 4.72 Å². The molecule has 1 saturated carbocycles. The van der Waals surface area contributed by atoms with E-state index in [1.807, 2.05) is 6.07 Å². The lowest BCUT2D eigenvalue weighted by atomic mass is 10.2. The summed E-state index contributed by atoms with van der Waals surface area (Å²) in [5.41, 5.74) is 1.02. The molecule has 84 valence electrons. The van der Waals surface area contributed by atoms with Crippen molar-refractivity contribution in [1.82, 2.24) is 4.72 Å². The van der Waals surface area contributed by atoms with Gasteiger partial charge in [-0.2, -0.15) is 5.26 Å². The van der Waals surface area contributed by atoms with Crippen LogP contribution in [0.3, 0.4) is 0 Å². The Labute approximate surface area is 95.0 Å². The van der Waals surface area contributed by atoms with Gasteiger partial charge >= 0.3 is 0 Å². The van der Waals surface area contributed by atoms with Gasteiger partial charge in [0.2, 0.25) is 10.0 Å². The van der Waals surface area contributed by atoms with E-state index in [1.54, 1.807) is 19.1 Å². The van der Waals surface area contributed by atoms with Crippen LogP contribution in [-0.4, -0.2) is 14.5 Å². The van der Waals surface area contributed by atoms with E-state index >= 15 is 0 Å². The molecule has 16 heavy (non-hydrogen) atoms. The third-order valence-corrected chi connectivity index (χ3v) is 4.17. The van der Waals surface area contributed by atoms with Crippen LogP contribution >= 0.6 is 0 Å². The minimum absolute atomic E-state index is 0.0788. The predicted molar refractivity (Wildman–Crippen MR) is 59.2 cm³/mol. The highest BCUT2D eigenvalue weighted by Gasteiger charge is 2.28. The third kappa shape index (κ3) is 2.23. The fourth-order valence-corrected chi connectivity index (χ4v) is 3.02. The molecule has 0 radical (unpaired) electrons. The van der Waals surface area contributed by atoms with Crippen molar-refractivity contribution in [3.05, 3.63) is 29.3 Å². The molecule has 1 aromatic rings. The number of nitriles is 1. The van der Waals surface area contributed by atoms with Gasteiger partial charge in [0.1, 0.15) is 0 Å². The predicted octanol–water partition coefficient (Wildman–Crippen LogP) is 1.31. The Hall–Kier alpha value is -1.38. The average molecular weight is 236 g/mol. The molecular formula is C11H12N2O2S. The van der Waals surface area contributed by atoms with Crippen molar-refractivity contribution in [2.24, 2.45) is 0 Å². The van der Waals surface area contributed by atoms with Crippen LogP contribution in [0.15, 0.2) is 23.1 Å². The number of nitrogens with one attached hydrogen (secondary N) is 1. The van der Waals surface area contributed by atoms with Crippen molar-refractivity contribution in [1.29, 1.82) is 5.26 Å². The second-order valence-electron chi connectivity index (χ2n) is 3.99. The highest BCUT2D eigenvalue weighted by atomic mass is 32.2. The first-order valence-electron chi connectivity index (χ1n) is 5.06. The van der Waals surface area contributed by atoms with E-state index in [9.17, 15) is 8.42 Å². The quantitative estimate of drug-likeness (QED) is 0.860. The van der Waals surface area contributed by atoms with Crippen molar-refractivity contribution < 1.29 is 8.42 Å². The molecule has 0 saturated heterocycles. The maximum atomic E-state index is 12.0. The fraction of sp³-hybridized carbons (Fsp3) is 0.364. The zero-order valence-corrected chi connectivity index (χ0v) is 9.71. The highest BCUT2D eigenvalue weighted by molar-refractivity contribution is 7.89. The van der Waals surface area contributed by atoms with Gasteiger partial charge in [0.25, 0.3) is 0 Å². The topological polar surface area (TPSA) is 70.0 Å². The second kappa shape index (κ2) is 3.89. The molecule has 0 unspecified atom stereocenters. The van der Waals surface area contributed by atoms with Gasteiger partial charge in [-0.3, -0.25) is 0 Å². The van der Waals surface area contributed by atoms with Gasteiger partial charge in [-0.1, -0.05) is 6.07 Å². The van der Waals surface area contributed by atoms with Gasteiger partial charge in [0, 0.05) is 6.04 Å². The molecule has 1 fully saturated rings. The largest absolute Gasteiger partial charge is 0.241 e. The van der Waals surface area contributed by atoms with Gasteiger partial charge in [-0.05, 0) is 37.5 Å². The first-order chi connectivity index (χ1) is 7.53. The Morgan fingerprint density at radius 3 is 2.69 bits per heavy atom. The molecule has 1 aromatic carbocycles. The van der Waals surface area contributed by atoms with E-state index < -0.39 is 10.0 Å². The molecule has 4 nitrogen and oxygen atoms in total. The smallest absolute Gasteiger partial charge is 0.208 e. The lowest BCUT2D eigenvalue weighted by Crippen LogP contribution is -2.26. The van der Waals surface area contributed by atoms with Crippen LogP contribution in [0.2, 0.25) is 0 Å². The maximum absolute atomic E-state index is 12.0.